The molecule has 6 nitrogen and oxygen atoms in total. The molecule has 3 aromatic rings. The maximum atomic E-state index is 11.4. The first-order chi connectivity index (χ1) is 12.8. The fourth-order valence-corrected chi connectivity index (χ4v) is 3.16. The smallest absolute Gasteiger partial charge is 0.337 e. The van der Waals surface area contributed by atoms with Crippen LogP contribution in [0.15, 0.2) is 42.5 Å². The molecule has 3 rings (SSSR count). The summed E-state index contributed by atoms with van der Waals surface area (Å²) in [6.45, 7) is 5.78. The van der Waals surface area contributed by atoms with Crippen molar-refractivity contribution >= 4 is 40.7 Å². The lowest BCUT2D eigenvalue weighted by molar-refractivity contribution is 0.0698. The number of halogens is 1. The number of aromatic nitrogens is 2. The average molecular weight is 383 g/mol. The molecular formula is C20H19ClN4O2. The monoisotopic (exact) mass is 382 g/mol. The van der Waals surface area contributed by atoms with Crippen LogP contribution in [0, 0.1) is 20.8 Å². The highest BCUT2D eigenvalue weighted by Gasteiger charge is 2.12. The van der Waals surface area contributed by atoms with Crippen molar-refractivity contribution in [3.63, 3.8) is 0 Å². The van der Waals surface area contributed by atoms with Crippen LogP contribution in [0.2, 0.25) is 5.02 Å². The third kappa shape index (κ3) is 4.35. The zero-order chi connectivity index (χ0) is 19.6. The molecule has 3 N–H and O–H groups in total. The summed E-state index contributed by atoms with van der Waals surface area (Å²) in [5.41, 5.74) is 4.14. The Morgan fingerprint density at radius 2 is 1.78 bits per heavy atom. The van der Waals surface area contributed by atoms with Crippen molar-refractivity contribution in [2.45, 2.75) is 20.8 Å². The molecule has 0 atom stereocenters. The van der Waals surface area contributed by atoms with E-state index in [4.69, 9.17) is 11.6 Å². The van der Waals surface area contributed by atoms with Crippen LogP contribution in [-0.4, -0.2) is 21.0 Å². The number of rotatable bonds is 5. The molecule has 0 amide bonds. The second-order valence-corrected chi connectivity index (χ2v) is 6.66. The first-order valence-electron chi connectivity index (χ1n) is 8.32. The van der Waals surface area contributed by atoms with Gasteiger partial charge in [-0.25, -0.2) is 9.78 Å². The predicted molar refractivity (Wildman–Crippen MR) is 108 cm³/mol. The van der Waals surface area contributed by atoms with Crippen LogP contribution in [0.1, 0.15) is 27.2 Å². The number of benzene rings is 2. The largest absolute Gasteiger partial charge is 0.478 e. The lowest BCUT2D eigenvalue weighted by Gasteiger charge is -2.14. The number of nitrogens with one attached hydrogen (secondary N) is 2. The number of nitrogens with zero attached hydrogens (tertiary/aromatic N) is 2. The number of aromatic carboxylic acids is 1. The SMILES string of the molecule is Cc1cc(C)c(Nc2nc(C)cc(Nc3ccccc3C(=O)O)n2)c(Cl)c1. The lowest BCUT2D eigenvalue weighted by Crippen LogP contribution is -2.06. The van der Waals surface area contributed by atoms with Crippen molar-refractivity contribution in [1.29, 1.82) is 0 Å². The molecule has 0 spiro atoms. The molecule has 0 saturated carbocycles. The van der Waals surface area contributed by atoms with Gasteiger partial charge in [-0.05, 0) is 50.1 Å². The Labute approximate surface area is 162 Å². The number of anilines is 4. The molecule has 0 fully saturated rings. The molecule has 0 radical (unpaired) electrons. The van der Waals surface area contributed by atoms with Gasteiger partial charge in [0.15, 0.2) is 0 Å². The Kier molecular flexibility index (Phi) is 5.28. The standard InChI is InChI=1S/C20H19ClN4O2/c1-11-8-12(2)18(15(21)9-11)25-20-22-13(3)10-17(24-20)23-16-7-5-4-6-14(16)19(26)27/h4-10H,1-3H3,(H,26,27)(H2,22,23,24,25). The van der Waals surface area contributed by atoms with Crippen LogP contribution in [0.4, 0.5) is 23.1 Å². The second kappa shape index (κ2) is 7.63. The van der Waals surface area contributed by atoms with Gasteiger partial charge in [-0.1, -0.05) is 29.8 Å². The van der Waals surface area contributed by atoms with Crippen molar-refractivity contribution in [1.82, 2.24) is 9.97 Å². The third-order valence-electron chi connectivity index (χ3n) is 3.94. The highest BCUT2D eigenvalue weighted by atomic mass is 35.5. The zero-order valence-electron chi connectivity index (χ0n) is 15.2. The second-order valence-electron chi connectivity index (χ2n) is 6.26. The van der Waals surface area contributed by atoms with E-state index in [-0.39, 0.29) is 5.56 Å². The van der Waals surface area contributed by atoms with Crippen LogP contribution >= 0.6 is 11.6 Å². The Morgan fingerprint density at radius 1 is 1.04 bits per heavy atom. The number of hydrogen-bond donors (Lipinski definition) is 3. The van der Waals surface area contributed by atoms with Crippen LogP contribution in [0.5, 0.6) is 0 Å². The fraction of sp³-hybridized carbons (Fsp3) is 0.150. The molecule has 0 aliphatic rings. The van der Waals surface area contributed by atoms with Gasteiger partial charge in [0, 0.05) is 11.8 Å². The van der Waals surface area contributed by atoms with Gasteiger partial charge in [0.1, 0.15) is 5.82 Å². The minimum Gasteiger partial charge on any atom is -0.478 e. The minimum absolute atomic E-state index is 0.167. The molecular weight excluding hydrogens is 364 g/mol. The van der Waals surface area contributed by atoms with Crippen molar-refractivity contribution in [3.8, 4) is 0 Å². The number of carboxylic acid groups (broad SMARTS) is 1. The third-order valence-corrected chi connectivity index (χ3v) is 4.24. The van der Waals surface area contributed by atoms with Gasteiger partial charge in [-0.15, -0.1) is 0 Å². The van der Waals surface area contributed by atoms with E-state index in [1.807, 2.05) is 32.9 Å². The molecule has 1 heterocycles. The van der Waals surface area contributed by atoms with Gasteiger partial charge in [-0.2, -0.15) is 4.98 Å². The fourth-order valence-electron chi connectivity index (χ4n) is 2.79. The van der Waals surface area contributed by atoms with Crippen LogP contribution in [-0.2, 0) is 0 Å². The Morgan fingerprint density at radius 3 is 2.48 bits per heavy atom. The first-order valence-corrected chi connectivity index (χ1v) is 8.70. The maximum Gasteiger partial charge on any atom is 0.337 e. The van der Waals surface area contributed by atoms with Gasteiger partial charge in [0.05, 0.1) is 22.0 Å². The number of hydrogen-bond acceptors (Lipinski definition) is 5. The predicted octanol–water partition coefficient (Wildman–Crippen LogP) is 5.24. The normalized spacial score (nSPS) is 10.5. The van der Waals surface area contributed by atoms with Crippen LogP contribution < -0.4 is 10.6 Å². The summed E-state index contributed by atoms with van der Waals surface area (Å²) in [5, 5.41) is 16.1. The van der Waals surface area contributed by atoms with Crippen LogP contribution in [0.25, 0.3) is 0 Å². The van der Waals surface area contributed by atoms with E-state index in [1.165, 1.54) is 6.07 Å². The topological polar surface area (TPSA) is 87.1 Å². The van der Waals surface area contributed by atoms with Crippen molar-refractivity contribution in [2.75, 3.05) is 10.6 Å². The zero-order valence-corrected chi connectivity index (χ0v) is 15.9. The number of carbonyl (C=O) groups is 1. The molecule has 2 aromatic carbocycles. The molecule has 0 aliphatic heterocycles. The summed E-state index contributed by atoms with van der Waals surface area (Å²) in [6.07, 6.45) is 0. The summed E-state index contributed by atoms with van der Waals surface area (Å²) in [7, 11) is 0. The highest BCUT2D eigenvalue weighted by molar-refractivity contribution is 6.33. The molecule has 0 unspecified atom stereocenters. The summed E-state index contributed by atoms with van der Waals surface area (Å²) in [4.78, 5) is 20.2. The van der Waals surface area contributed by atoms with E-state index < -0.39 is 5.97 Å². The molecule has 0 aliphatic carbocycles. The summed E-state index contributed by atoms with van der Waals surface area (Å²) in [5.74, 6) is -0.150. The molecule has 0 saturated heterocycles. The van der Waals surface area contributed by atoms with E-state index in [0.29, 0.717) is 22.5 Å². The number of para-hydroxylation sites is 1. The van der Waals surface area contributed by atoms with Gasteiger partial charge >= 0.3 is 5.97 Å². The van der Waals surface area contributed by atoms with E-state index in [2.05, 4.69) is 20.6 Å². The van der Waals surface area contributed by atoms with E-state index >= 15 is 0 Å². The average Bonchev–Trinajstić information content (AvgIpc) is 2.58. The highest BCUT2D eigenvalue weighted by Crippen LogP contribution is 2.30. The number of aryl methyl sites for hydroxylation is 3. The van der Waals surface area contributed by atoms with E-state index in [1.54, 1.807) is 24.3 Å². The first kappa shape index (κ1) is 18.7. The van der Waals surface area contributed by atoms with Gasteiger partial charge in [-0.3, -0.25) is 0 Å². The quantitative estimate of drug-likeness (QED) is 0.559. The van der Waals surface area contributed by atoms with Crippen molar-refractivity contribution < 1.29 is 9.90 Å². The minimum atomic E-state index is -1.01. The summed E-state index contributed by atoms with van der Waals surface area (Å²) in [6, 6.07) is 12.3. The van der Waals surface area contributed by atoms with Crippen molar-refractivity contribution in [2.24, 2.45) is 0 Å². The van der Waals surface area contributed by atoms with Gasteiger partial charge < -0.3 is 15.7 Å². The van der Waals surface area contributed by atoms with Crippen LogP contribution in [0.3, 0.4) is 0 Å². The van der Waals surface area contributed by atoms with E-state index in [0.717, 1.165) is 22.5 Å². The Bertz CT molecular complexity index is 998. The molecule has 7 heteroatoms. The maximum absolute atomic E-state index is 11.4. The molecule has 27 heavy (non-hydrogen) atoms. The van der Waals surface area contributed by atoms with Gasteiger partial charge in [0.25, 0.3) is 0 Å². The molecule has 138 valence electrons. The van der Waals surface area contributed by atoms with Crippen molar-refractivity contribution in [3.05, 3.63) is 69.9 Å². The molecule has 1 aromatic heterocycles. The summed E-state index contributed by atoms with van der Waals surface area (Å²) < 4.78 is 0. The Balaban J connectivity index is 1.93. The van der Waals surface area contributed by atoms with E-state index in [9.17, 15) is 9.90 Å². The Hall–Kier alpha value is -3.12. The lowest BCUT2D eigenvalue weighted by atomic mass is 10.1. The number of carboxylic acids is 1. The summed E-state index contributed by atoms with van der Waals surface area (Å²) >= 11 is 6.35. The van der Waals surface area contributed by atoms with Gasteiger partial charge in [0.2, 0.25) is 5.95 Å². The molecule has 0 bridgehead atoms.